The second-order valence-electron chi connectivity index (χ2n) is 3.74. The van der Waals surface area contributed by atoms with Gasteiger partial charge in [0.1, 0.15) is 5.52 Å². The normalized spacial score (nSPS) is 10.9. The molecule has 0 spiro atoms. The summed E-state index contributed by atoms with van der Waals surface area (Å²) in [6.45, 7) is 0.654. The summed E-state index contributed by atoms with van der Waals surface area (Å²) < 4.78 is 1.84. The highest BCUT2D eigenvalue weighted by Crippen LogP contribution is 2.14. The van der Waals surface area contributed by atoms with E-state index in [2.05, 4.69) is 15.3 Å². The molecule has 0 aliphatic heterocycles. The van der Waals surface area contributed by atoms with Gasteiger partial charge in [-0.2, -0.15) is 0 Å². The van der Waals surface area contributed by atoms with Gasteiger partial charge in [-0.1, -0.05) is 28.9 Å². The molecule has 17 heavy (non-hydrogen) atoms. The molecule has 0 radical (unpaired) electrons. The number of benzene rings is 1. The Bertz CT molecular complexity index is 662. The summed E-state index contributed by atoms with van der Waals surface area (Å²) in [4.78, 5) is 4.01. The van der Waals surface area contributed by atoms with Gasteiger partial charge in [-0.05, 0) is 23.8 Å². The molecule has 2 heterocycles. The Balaban J connectivity index is 2.00. The van der Waals surface area contributed by atoms with Crippen molar-refractivity contribution in [2.24, 2.45) is 0 Å². The highest BCUT2D eigenvalue weighted by Gasteiger charge is 2.04. The van der Waals surface area contributed by atoms with Crippen LogP contribution in [0.15, 0.2) is 42.7 Å². The summed E-state index contributed by atoms with van der Waals surface area (Å²) in [5.74, 6) is 0. The molecule has 0 unspecified atom stereocenters. The third kappa shape index (κ3) is 1.99. The summed E-state index contributed by atoms with van der Waals surface area (Å²) in [6.07, 6.45) is 3.44. The number of hydrogen-bond acceptors (Lipinski definition) is 3. The minimum absolute atomic E-state index is 0.654. The number of halogens is 1. The molecule has 0 amide bonds. The molecule has 0 saturated heterocycles. The van der Waals surface area contributed by atoms with E-state index in [9.17, 15) is 0 Å². The molecular weight excluding hydrogens is 236 g/mol. The first-order valence-corrected chi connectivity index (χ1v) is 5.58. The number of aromatic nitrogens is 4. The fourth-order valence-electron chi connectivity index (χ4n) is 1.75. The lowest BCUT2D eigenvalue weighted by Gasteiger charge is -2.02. The van der Waals surface area contributed by atoms with Gasteiger partial charge < -0.3 is 0 Å². The number of rotatable bonds is 2. The van der Waals surface area contributed by atoms with Gasteiger partial charge in [0.05, 0.1) is 18.3 Å². The van der Waals surface area contributed by atoms with Crippen LogP contribution < -0.4 is 0 Å². The molecule has 0 saturated carbocycles. The van der Waals surface area contributed by atoms with Crippen LogP contribution in [0.4, 0.5) is 0 Å². The second kappa shape index (κ2) is 4.14. The van der Waals surface area contributed by atoms with E-state index in [4.69, 9.17) is 11.6 Å². The van der Waals surface area contributed by atoms with E-state index in [1.807, 2.05) is 35.0 Å². The van der Waals surface area contributed by atoms with Gasteiger partial charge in [-0.25, -0.2) is 4.68 Å². The van der Waals surface area contributed by atoms with E-state index in [0.717, 1.165) is 21.6 Å². The minimum Gasteiger partial charge on any atom is -0.262 e. The fraction of sp³-hybridized carbons (Fsp3) is 0.0833. The van der Waals surface area contributed by atoms with Crippen molar-refractivity contribution in [1.82, 2.24) is 20.0 Å². The smallest absolute Gasteiger partial charge is 0.131 e. The third-order valence-corrected chi connectivity index (χ3v) is 2.77. The Hall–Kier alpha value is -1.94. The Labute approximate surface area is 103 Å². The molecule has 4 nitrogen and oxygen atoms in total. The topological polar surface area (TPSA) is 43.6 Å². The van der Waals surface area contributed by atoms with Crippen LogP contribution in [0.1, 0.15) is 5.56 Å². The zero-order chi connectivity index (χ0) is 11.7. The molecule has 0 aliphatic carbocycles. The molecule has 3 rings (SSSR count). The molecular formula is C12H9ClN4. The van der Waals surface area contributed by atoms with Gasteiger partial charge >= 0.3 is 0 Å². The lowest BCUT2D eigenvalue weighted by Crippen LogP contribution is -2.01. The summed E-state index contributed by atoms with van der Waals surface area (Å²) in [6, 6.07) is 9.63. The zero-order valence-corrected chi connectivity index (χ0v) is 9.67. The molecule has 0 fully saturated rings. The second-order valence-corrected chi connectivity index (χ2v) is 4.18. The number of nitrogens with zero attached hydrogens (tertiary/aromatic N) is 4. The monoisotopic (exact) mass is 244 g/mol. The molecule has 0 N–H and O–H groups in total. The van der Waals surface area contributed by atoms with Crippen LogP contribution in [-0.2, 0) is 6.54 Å². The van der Waals surface area contributed by atoms with Crippen LogP contribution in [0.2, 0.25) is 5.02 Å². The third-order valence-electron chi connectivity index (χ3n) is 2.54. The van der Waals surface area contributed by atoms with Crippen molar-refractivity contribution >= 4 is 22.6 Å². The van der Waals surface area contributed by atoms with Gasteiger partial charge in [0.2, 0.25) is 0 Å². The molecule has 0 aliphatic rings. The van der Waals surface area contributed by atoms with E-state index in [1.165, 1.54) is 0 Å². The van der Waals surface area contributed by atoms with E-state index < -0.39 is 0 Å². The van der Waals surface area contributed by atoms with Gasteiger partial charge in [0.25, 0.3) is 0 Å². The van der Waals surface area contributed by atoms with Crippen LogP contribution >= 0.6 is 11.6 Å². The highest BCUT2D eigenvalue weighted by atomic mass is 35.5. The summed E-state index contributed by atoms with van der Waals surface area (Å²) >= 11 is 5.95. The van der Waals surface area contributed by atoms with Gasteiger partial charge in [0.15, 0.2) is 0 Å². The largest absolute Gasteiger partial charge is 0.262 e. The van der Waals surface area contributed by atoms with Gasteiger partial charge in [-0.3, -0.25) is 4.98 Å². The maximum absolute atomic E-state index is 5.95. The summed E-state index contributed by atoms with van der Waals surface area (Å²) in [7, 11) is 0. The van der Waals surface area contributed by atoms with Crippen LogP contribution in [0.25, 0.3) is 11.0 Å². The van der Waals surface area contributed by atoms with Crippen molar-refractivity contribution in [3.05, 3.63) is 53.3 Å². The van der Waals surface area contributed by atoms with E-state index >= 15 is 0 Å². The van der Waals surface area contributed by atoms with Gasteiger partial charge in [-0.15, -0.1) is 5.10 Å². The first-order chi connectivity index (χ1) is 8.33. The Morgan fingerprint density at radius 2 is 2.18 bits per heavy atom. The molecule has 5 heteroatoms. The first-order valence-electron chi connectivity index (χ1n) is 5.20. The van der Waals surface area contributed by atoms with Crippen molar-refractivity contribution in [2.75, 3.05) is 0 Å². The predicted molar refractivity (Wildman–Crippen MR) is 65.9 cm³/mol. The van der Waals surface area contributed by atoms with Crippen LogP contribution in [-0.4, -0.2) is 20.0 Å². The number of hydrogen-bond donors (Lipinski definition) is 0. The zero-order valence-electron chi connectivity index (χ0n) is 8.92. The molecule has 0 bridgehead atoms. The summed E-state index contributed by atoms with van der Waals surface area (Å²) in [5, 5.41) is 8.89. The average Bonchev–Trinajstić information content (AvgIpc) is 2.73. The highest BCUT2D eigenvalue weighted by molar-refractivity contribution is 6.30. The van der Waals surface area contributed by atoms with Crippen LogP contribution in [0.5, 0.6) is 0 Å². The van der Waals surface area contributed by atoms with E-state index in [0.29, 0.717) is 6.54 Å². The minimum atomic E-state index is 0.654. The molecule has 2 aromatic heterocycles. The standard InChI is InChI=1S/C12H9ClN4/c13-10-3-1-2-9(6-10)8-17-12-4-5-14-7-11(12)15-16-17/h1-7H,8H2. The number of pyridine rings is 1. The Morgan fingerprint density at radius 3 is 3.06 bits per heavy atom. The van der Waals surface area contributed by atoms with Crippen molar-refractivity contribution in [2.45, 2.75) is 6.54 Å². The molecule has 0 atom stereocenters. The van der Waals surface area contributed by atoms with Crippen molar-refractivity contribution in [3.8, 4) is 0 Å². The van der Waals surface area contributed by atoms with Crippen LogP contribution in [0.3, 0.4) is 0 Å². The number of fused-ring (bicyclic) bond motifs is 1. The molecule has 84 valence electrons. The van der Waals surface area contributed by atoms with E-state index in [1.54, 1.807) is 12.4 Å². The quantitative estimate of drug-likeness (QED) is 0.696. The lowest BCUT2D eigenvalue weighted by molar-refractivity contribution is 0.670. The maximum atomic E-state index is 5.95. The average molecular weight is 245 g/mol. The van der Waals surface area contributed by atoms with Crippen molar-refractivity contribution in [3.63, 3.8) is 0 Å². The first kappa shape index (κ1) is 10.2. The maximum Gasteiger partial charge on any atom is 0.131 e. The van der Waals surface area contributed by atoms with Gasteiger partial charge in [0, 0.05) is 11.2 Å². The Morgan fingerprint density at radius 1 is 1.24 bits per heavy atom. The molecule has 1 aromatic carbocycles. The fourth-order valence-corrected chi connectivity index (χ4v) is 1.96. The molecule has 3 aromatic rings. The predicted octanol–water partition coefficient (Wildman–Crippen LogP) is 2.53. The lowest BCUT2D eigenvalue weighted by atomic mass is 10.2. The van der Waals surface area contributed by atoms with Crippen LogP contribution in [0, 0.1) is 0 Å². The summed E-state index contributed by atoms with van der Waals surface area (Å²) in [5.41, 5.74) is 2.87. The van der Waals surface area contributed by atoms with Crippen molar-refractivity contribution < 1.29 is 0 Å². The van der Waals surface area contributed by atoms with Crippen molar-refractivity contribution in [1.29, 1.82) is 0 Å². The Kier molecular flexibility index (Phi) is 2.49. The SMILES string of the molecule is Clc1cccc(Cn2nnc3cnccc32)c1. The van der Waals surface area contributed by atoms with E-state index in [-0.39, 0.29) is 0 Å².